The number of carbonyl (C=O) groups excluding carboxylic acids is 1. The van der Waals surface area contributed by atoms with Crippen molar-refractivity contribution in [3.8, 4) is 0 Å². The van der Waals surface area contributed by atoms with E-state index in [9.17, 15) is 4.79 Å². The van der Waals surface area contributed by atoms with Crippen LogP contribution in [-0.4, -0.2) is 30.3 Å². The summed E-state index contributed by atoms with van der Waals surface area (Å²) in [7, 11) is 0. The van der Waals surface area contributed by atoms with E-state index in [0.717, 1.165) is 22.6 Å². The number of nitrogens with one attached hydrogen (secondary N) is 1. The second kappa shape index (κ2) is 7.44. The number of aryl methyl sites for hydroxylation is 1. The molecular formula is C23H20N6O. The fourth-order valence-corrected chi connectivity index (χ4v) is 3.63. The number of rotatable bonds is 5. The van der Waals surface area contributed by atoms with Crippen LogP contribution >= 0.6 is 0 Å². The molecule has 1 amide bonds. The first kappa shape index (κ1) is 18.1. The van der Waals surface area contributed by atoms with Gasteiger partial charge in [0, 0.05) is 11.9 Å². The van der Waals surface area contributed by atoms with Crippen LogP contribution in [0.2, 0.25) is 0 Å². The minimum Gasteiger partial charge on any atom is -0.345 e. The van der Waals surface area contributed by atoms with Crippen LogP contribution < -0.4 is 5.32 Å². The molecule has 2 aromatic carbocycles. The Bertz CT molecular complexity index is 1360. The summed E-state index contributed by atoms with van der Waals surface area (Å²) in [6, 6.07) is 20.3. The summed E-state index contributed by atoms with van der Waals surface area (Å²) in [5.41, 5.74) is 4.16. The lowest BCUT2D eigenvalue weighted by atomic mass is 10.0. The van der Waals surface area contributed by atoms with E-state index in [1.807, 2.05) is 53.9 Å². The number of aromatic nitrogens is 5. The molecule has 0 atom stereocenters. The average molecular weight is 396 g/mol. The first-order chi connectivity index (χ1) is 14.7. The number of benzene rings is 2. The lowest BCUT2D eigenvalue weighted by Gasteiger charge is -2.06. The van der Waals surface area contributed by atoms with E-state index in [1.165, 1.54) is 10.8 Å². The summed E-state index contributed by atoms with van der Waals surface area (Å²) in [6.07, 6.45) is 3.60. The molecule has 0 aliphatic heterocycles. The molecule has 0 unspecified atom stereocenters. The highest BCUT2D eigenvalue weighted by atomic mass is 16.2. The molecule has 0 fully saturated rings. The molecule has 1 N–H and O–H groups in total. The monoisotopic (exact) mass is 396 g/mol. The Kier molecular flexibility index (Phi) is 4.48. The summed E-state index contributed by atoms with van der Waals surface area (Å²) in [5.74, 6) is -0.270. The van der Waals surface area contributed by atoms with Crippen LogP contribution in [0.1, 0.15) is 27.4 Å². The number of fused-ring (bicyclic) bond motifs is 2. The maximum Gasteiger partial charge on any atom is 0.273 e. The van der Waals surface area contributed by atoms with Crippen LogP contribution in [0.25, 0.3) is 16.4 Å². The Hall–Kier alpha value is -4.00. The Morgan fingerprint density at radius 2 is 1.83 bits per heavy atom. The molecule has 5 aromatic rings. The highest BCUT2D eigenvalue weighted by molar-refractivity contribution is 5.91. The van der Waals surface area contributed by atoms with Gasteiger partial charge in [0.05, 0.1) is 25.0 Å². The third kappa shape index (κ3) is 3.41. The Morgan fingerprint density at radius 3 is 2.73 bits per heavy atom. The molecule has 0 aliphatic rings. The molecule has 148 valence electrons. The molecule has 0 saturated carbocycles. The maximum atomic E-state index is 12.5. The molecule has 30 heavy (non-hydrogen) atoms. The van der Waals surface area contributed by atoms with Crippen LogP contribution in [0, 0.1) is 6.92 Å². The van der Waals surface area contributed by atoms with Gasteiger partial charge >= 0.3 is 0 Å². The zero-order valence-electron chi connectivity index (χ0n) is 16.5. The Morgan fingerprint density at radius 1 is 1.00 bits per heavy atom. The van der Waals surface area contributed by atoms with Crippen LogP contribution in [0.15, 0.2) is 73.1 Å². The van der Waals surface area contributed by atoms with Crippen molar-refractivity contribution in [1.29, 1.82) is 0 Å². The van der Waals surface area contributed by atoms with Crippen LogP contribution in [0.3, 0.4) is 0 Å². The van der Waals surface area contributed by atoms with Crippen molar-refractivity contribution >= 4 is 22.3 Å². The number of nitrogens with zero attached hydrogens (tertiary/aromatic N) is 5. The van der Waals surface area contributed by atoms with Gasteiger partial charge in [0.1, 0.15) is 5.65 Å². The molecule has 0 radical (unpaired) electrons. The SMILES string of the molecule is Cc1cccc2nc(CNC(=O)c3cn(Cc4cccc5ccccc45)nn3)cn12. The van der Waals surface area contributed by atoms with Gasteiger partial charge in [0.15, 0.2) is 5.69 Å². The number of pyridine rings is 1. The quantitative estimate of drug-likeness (QED) is 0.494. The standard InChI is InChI=1S/C23H20N6O/c1-16-6-4-11-22-25-19(14-29(16)22)12-24-23(30)21-15-28(27-26-21)13-18-9-5-8-17-7-2-3-10-20(17)18/h2-11,14-15H,12-13H2,1H3,(H,24,30). The number of imidazole rings is 1. The van der Waals surface area contributed by atoms with Crippen molar-refractivity contribution in [1.82, 2.24) is 29.7 Å². The highest BCUT2D eigenvalue weighted by Gasteiger charge is 2.12. The zero-order valence-corrected chi connectivity index (χ0v) is 16.5. The Labute approximate surface area is 173 Å². The van der Waals surface area contributed by atoms with Crippen molar-refractivity contribution < 1.29 is 4.79 Å². The van der Waals surface area contributed by atoms with Gasteiger partial charge in [0.25, 0.3) is 5.91 Å². The zero-order chi connectivity index (χ0) is 20.5. The molecule has 0 saturated heterocycles. The smallest absolute Gasteiger partial charge is 0.273 e. The molecule has 0 aliphatic carbocycles. The first-order valence-corrected chi connectivity index (χ1v) is 9.76. The number of amides is 1. The van der Waals surface area contributed by atoms with E-state index in [2.05, 4.69) is 44.9 Å². The van der Waals surface area contributed by atoms with Crippen LogP contribution in [0.4, 0.5) is 0 Å². The molecular weight excluding hydrogens is 376 g/mol. The van der Waals surface area contributed by atoms with Gasteiger partial charge in [-0.25, -0.2) is 9.67 Å². The number of hydrogen-bond donors (Lipinski definition) is 1. The van der Waals surface area contributed by atoms with E-state index < -0.39 is 0 Å². The van der Waals surface area contributed by atoms with Crippen molar-refractivity contribution in [3.63, 3.8) is 0 Å². The van der Waals surface area contributed by atoms with Gasteiger partial charge in [-0.05, 0) is 35.4 Å². The molecule has 5 rings (SSSR count). The third-order valence-corrected chi connectivity index (χ3v) is 5.16. The second-order valence-electron chi connectivity index (χ2n) is 7.25. The molecule has 0 spiro atoms. The van der Waals surface area contributed by atoms with E-state index in [1.54, 1.807) is 10.9 Å². The molecule has 7 heteroatoms. The number of carbonyl (C=O) groups is 1. The topological polar surface area (TPSA) is 77.1 Å². The van der Waals surface area contributed by atoms with E-state index in [0.29, 0.717) is 13.1 Å². The third-order valence-electron chi connectivity index (χ3n) is 5.16. The van der Waals surface area contributed by atoms with Gasteiger partial charge in [-0.3, -0.25) is 4.79 Å². The minimum absolute atomic E-state index is 0.270. The summed E-state index contributed by atoms with van der Waals surface area (Å²) < 4.78 is 3.69. The van der Waals surface area contributed by atoms with Crippen molar-refractivity contribution in [2.45, 2.75) is 20.0 Å². The van der Waals surface area contributed by atoms with E-state index in [4.69, 9.17) is 0 Å². The molecule has 3 aromatic heterocycles. The van der Waals surface area contributed by atoms with Gasteiger partial charge in [-0.1, -0.05) is 53.7 Å². The van der Waals surface area contributed by atoms with E-state index >= 15 is 0 Å². The summed E-state index contributed by atoms with van der Waals surface area (Å²) in [6.45, 7) is 2.90. The first-order valence-electron chi connectivity index (χ1n) is 9.76. The maximum absolute atomic E-state index is 12.5. The highest BCUT2D eigenvalue weighted by Crippen LogP contribution is 2.19. The van der Waals surface area contributed by atoms with Crippen LogP contribution in [0.5, 0.6) is 0 Å². The molecule has 7 nitrogen and oxygen atoms in total. The summed E-state index contributed by atoms with van der Waals surface area (Å²) in [5, 5.41) is 13.4. The molecule has 3 heterocycles. The fraction of sp³-hybridized carbons (Fsp3) is 0.130. The lowest BCUT2D eigenvalue weighted by molar-refractivity contribution is 0.0945. The summed E-state index contributed by atoms with van der Waals surface area (Å²) in [4.78, 5) is 17.1. The largest absolute Gasteiger partial charge is 0.345 e. The van der Waals surface area contributed by atoms with Crippen molar-refractivity contribution in [2.24, 2.45) is 0 Å². The number of hydrogen-bond acceptors (Lipinski definition) is 4. The minimum atomic E-state index is -0.270. The van der Waals surface area contributed by atoms with Gasteiger partial charge in [-0.2, -0.15) is 0 Å². The van der Waals surface area contributed by atoms with Crippen molar-refractivity contribution in [2.75, 3.05) is 0 Å². The van der Waals surface area contributed by atoms with Gasteiger partial charge < -0.3 is 9.72 Å². The van der Waals surface area contributed by atoms with Gasteiger partial charge in [-0.15, -0.1) is 5.10 Å². The lowest BCUT2D eigenvalue weighted by Crippen LogP contribution is -2.23. The normalized spacial score (nSPS) is 11.2. The summed E-state index contributed by atoms with van der Waals surface area (Å²) >= 11 is 0. The average Bonchev–Trinajstić information content (AvgIpc) is 3.40. The predicted molar refractivity (Wildman–Crippen MR) is 114 cm³/mol. The second-order valence-corrected chi connectivity index (χ2v) is 7.25. The van der Waals surface area contributed by atoms with Gasteiger partial charge in [0.2, 0.25) is 0 Å². The molecule has 0 bridgehead atoms. The predicted octanol–water partition coefficient (Wildman–Crippen LogP) is 3.37. The van der Waals surface area contributed by atoms with Crippen molar-refractivity contribution in [3.05, 3.63) is 95.7 Å². The Balaban J connectivity index is 1.28. The van der Waals surface area contributed by atoms with Crippen LogP contribution in [-0.2, 0) is 13.1 Å². The van der Waals surface area contributed by atoms with E-state index in [-0.39, 0.29) is 11.6 Å². The fourth-order valence-electron chi connectivity index (χ4n) is 3.63.